The Balaban J connectivity index is 2.68. The molecule has 1 aromatic heterocycles. The molecule has 1 aromatic carbocycles. The molecule has 0 bridgehead atoms. The van der Waals surface area contributed by atoms with Gasteiger partial charge < -0.3 is 5.32 Å². The maximum Gasteiger partial charge on any atom is 0.0703 e. The van der Waals surface area contributed by atoms with E-state index in [-0.39, 0.29) is 0 Å². The van der Waals surface area contributed by atoms with Crippen LogP contribution in [-0.2, 0) is 19.9 Å². The van der Waals surface area contributed by atoms with Gasteiger partial charge in [0.1, 0.15) is 0 Å². The quantitative estimate of drug-likeness (QED) is 0.902. The Hall–Kier alpha value is -1.61. The van der Waals surface area contributed by atoms with Crippen molar-refractivity contribution in [3.63, 3.8) is 0 Å². The maximum absolute atomic E-state index is 4.70. The lowest BCUT2D eigenvalue weighted by molar-refractivity contribution is 0.653. The Morgan fingerprint density at radius 2 is 1.90 bits per heavy atom. The van der Waals surface area contributed by atoms with Crippen molar-refractivity contribution in [1.29, 1.82) is 0 Å². The molecule has 0 amide bonds. The van der Waals surface area contributed by atoms with Gasteiger partial charge in [0.15, 0.2) is 0 Å². The third-order valence-electron chi connectivity index (χ3n) is 4.04. The number of rotatable bonds is 5. The molecule has 0 radical (unpaired) electrons. The smallest absolute Gasteiger partial charge is 0.0703 e. The second-order valence-electron chi connectivity index (χ2n) is 5.20. The molecular formula is C17H25N3. The van der Waals surface area contributed by atoms with E-state index in [1.807, 2.05) is 18.8 Å². The molecule has 0 saturated carbocycles. The fourth-order valence-corrected chi connectivity index (χ4v) is 2.84. The van der Waals surface area contributed by atoms with Gasteiger partial charge in [0.25, 0.3) is 0 Å². The van der Waals surface area contributed by atoms with Crippen LogP contribution >= 0.6 is 0 Å². The van der Waals surface area contributed by atoms with Gasteiger partial charge in [0.05, 0.1) is 5.69 Å². The van der Waals surface area contributed by atoms with E-state index in [1.54, 1.807) is 0 Å². The molecule has 0 spiro atoms. The van der Waals surface area contributed by atoms with Crippen molar-refractivity contribution in [3.05, 3.63) is 41.2 Å². The first-order valence-corrected chi connectivity index (χ1v) is 7.45. The van der Waals surface area contributed by atoms with Gasteiger partial charge in [-0.2, -0.15) is 5.10 Å². The van der Waals surface area contributed by atoms with E-state index in [0.29, 0.717) is 6.04 Å². The molecule has 3 nitrogen and oxygen atoms in total. The fourth-order valence-electron chi connectivity index (χ4n) is 2.84. The van der Waals surface area contributed by atoms with Gasteiger partial charge in [-0.15, -0.1) is 0 Å². The van der Waals surface area contributed by atoms with Gasteiger partial charge in [-0.1, -0.05) is 38.1 Å². The van der Waals surface area contributed by atoms with E-state index in [4.69, 9.17) is 5.10 Å². The van der Waals surface area contributed by atoms with Crippen LogP contribution in [0, 0.1) is 0 Å². The molecule has 2 rings (SSSR count). The van der Waals surface area contributed by atoms with E-state index in [1.165, 1.54) is 28.1 Å². The van der Waals surface area contributed by atoms with Crippen LogP contribution in [0.1, 0.15) is 43.8 Å². The first kappa shape index (κ1) is 14.8. The van der Waals surface area contributed by atoms with Gasteiger partial charge in [0, 0.05) is 24.3 Å². The van der Waals surface area contributed by atoms with Gasteiger partial charge >= 0.3 is 0 Å². The lowest BCUT2D eigenvalue weighted by Gasteiger charge is -2.17. The summed E-state index contributed by atoms with van der Waals surface area (Å²) in [6.45, 7) is 6.58. The Bertz CT molecular complexity index is 584. The van der Waals surface area contributed by atoms with Gasteiger partial charge in [-0.05, 0) is 37.9 Å². The number of aromatic nitrogens is 2. The molecule has 2 aromatic rings. The molecule has 1 atom stereocenters. The number of aryl methyl sites for hydroxylation is 2. The highest BCUT2D eigenvalue weighted by molar-refractivity contribution is 5.72. The van der Waals surface area contributed by atoms with Crippen molar-refractivity contribution in [2.24, 2.45) is 7.05 Å². The summed E-state index contributed by atoms with van der Waals surface area (Å²) in [5.41, 5.74) is 6.50. The lowest BCUT2D eigenvalue weighted by Crippen LogP contribution is -2.13. The van der Waals surface area contributed by atoms with Gasteiger partial charge in [0.2, 0.25) is 0 Å². The highest BCUT2D eigenvalue weighted by Gasteiger charge is 2.19. The second-order valence-corrected chi connectivity index (χ2v) is 5.20. The summed E-state index contributed by atoms with van der Waals surface area (Å²) in [5, 5.41) is 8.04. The molecule has 3 heteroatoms. The summed E-state index contributed by atoms with van der Waals surface area (Å²) in [6, 6.07) is 9.00. The topological polar surface area (TPSA) is 29.9 Å². The van der Waals surface area contributed by atoms with E-state index in [2.05, 4.69) is 50.4 Å². The first-order valence-electron chi connectivity index (χ1n) is 7.45. The summed E-state index contributed by atoms with van der Waals surface area (Å²) in [7, 11) is 4.05. The standard InChI is InChI=1S/C17H25N3/c1-6-15-17(16(7-2)20(5)19-15)14-11-9-8-10-13(14)12(3)18-4/h8-12,18H,6-7H2,1-5H3. The van der Waals surface area contributed by atoms with E-state index in [0.717, 1.165) is 12.8 Å². The van der Waals surface area contributed by atoms with Crippen LogP contribution in [0.15, 0.2) is 24.3 Å². The van der Waals surface area contributed by atoms with Gasteiger partial charge in [-0.25, -0.2) is 0 Å². The van der Waals surface area contributed by atoms with Crippen LogP contribution in [0.3, 0.4) is 0 Å². The van der Waals surface area contributed by atoms with Crippen molar-refractivity contribution >= 4 is 0 Å². The van der Waals surface area contributed by atoms with Crippen molar-refractivity contribution in [2.75, 3.05) is 7.05 Å². The SMILES string of the molecule is CCc1nn(C)c(CC)c1-c1ccccc1C(C)NC. The molecule has 20 heavy (non-hydrogen) atoms. The maximum atomic E-state index is 4.70. The molecule has 1 N–H and O–H groups in total. The minimum atomic E-state index is 0.334. The molecular weight excluding hydrogens is 246 g/mol. The Kier molecular flexibility index (Phi) is 4.61. The minimum Gasteiger partial charge on any atom is -0.313 e. The van der Waals surface area contributed by atoms with Crippen molar-refractivity contribution in [3.8, 4) is 11.1 Å². The third-order valence-corrected chi connectivity index (χ3v) is 4.04. The zero-order chi connectivity index (χ0) is 14.7. The highest BCUT2D eigenvalue weighted by atomic mass is 15.3. The monoisotopic (exact) mass is 271 g/mol. The normalized spacial score (nSPS) is 12.7. The zero-order valence-corrected chi connectivity index (χ0v) is 13.2. The molecule has 108 valence electrons. The Labute approximate surface area is 122 Å². The first-order chi connectivity index (χ1) is 9.63. The molecule has 0 fully saturated rings. The van der Waals surface area contributed by atoms with Crippen LogP contribution in [0.25, 0.3) is 11.1 Å². The van der Waals surface area contributed by atoms with Crippen molar-refractivity contribution in [2.45, 2.75) is 39.7 Å². The largest absolute Gasteiger partial charge is 0.313 e. The fraction of sp³-hybridized carbons (Fsp3) is 0.471. The number of nitrogens with zero attached hydrogens (tertiary/aromatic N) is 2. The van der Waals surface area contributed by atoms with Crippen LogP contribution in [0.2, 0.25) is 0 Å². The van der Waals surface area contributed by atoms with Crippen molar-refractivity contribution < 1.29 is 0 Å². The second kappa shape index (κ2) is 6.23. The van der Waals surface area contributed by atoms with E-state index >= 15 is 0 Å². The minimum absolute atomic E-state index is 0.334. The Morgan fingerprint density at radius 1 is 1.20 bits per heavy atom. The van der Waals surface area contributed by atoms with Crippen LogP contribution < -0.4 is 5.32 Å². The van der Waals surface area contributed by atoms with Crippen molar-refractivity contribution in [1.82, 2.24) is 15.1 Å². The summed E-state index contributed by atoms with van der Waals surface area (Å²) in [6.07, 6.45) is 1.96. The predicted octanol–water partition coefficient (Wildman–Crippen LogP) is 3.49. The van der Waals surface area contributed by atoms with Crippen LogP contribution in [-0.4, -0.2) is 16.8 Å². The van der Waals surface area contributed by atoms with Crippen LogP contribution in [0.5, 0.6) is 0 Å². The number of benzene rings is 1. The summed E-state index contributed by atoms with van der Waals surface area (Å²) in [4.78, 5) is 0. The molecule has 0 aliphatic rings. The summed E-state index contributed by atoms with van der Waals surface area (Å²) < 4.78 is 2.04. The number of nitrogens with one attached hydrogen (secondary N) is 1. The molecule has 0 aliphatic heterocycles. The van der Waals surface area contributed by atoms with Crippen LogP contribution in [0.4, 0.5) is 0 Å². The molecule has 0 saturated heterocycles. The van der Waals surface area contributed by atoms with E-state index in [9.17, 15) is 0 Å². The lowest BCUT2D eigenvalue weighted by atomic mass is 9.93. The third kappa shape index (κ3) is 2.50. The Morgan fingerprint density at radius 3 is 2.50 bits per heavy atom. The zero-order valence-electron chi connectivity index (χ0n) is 13.2. The van der Waals surface area contributed by atoms with Gasteiger partial charge in [-0.3, -0.25) is 4.68 Å². The molecule has 0 aliphatic carbocycles. The highest BCUT2D eigenvalue weighted by Crippen LogP contribution is 2.33. The number of hydrogen-bond acceptors (Lipinski definition) is 2. The molecule has 1 unspecified atom stereocenters. The number of hydrogen-bond donors (Lipinski definition) is 1. The molecule has 1 heterocycles. The van der Waals surface area contributed by atoms with E-state index < -0.39 is 0 Å². The average molecular weight is 271 g/mol. The summed E-state index contributed by atoms with van der Waals surface area (Å²) in [5.74, 6) is 0. The predicted molar refractivity (Wildman–Crippen MR) is 84.9 cm³/mol. The average Bonchev–Trinajstić information content (AvgIpc) is 2.82. The summed E-state index contributed by atoms with van der Waals surface area (Å²) >= 11 is 0.